The van der Waals surface area contributed by atoms with Gasteiger partial charge in [0.15, 0.2) is 0 Å². The Labute approximate surface area is 203 Å². The molecule has 0 N–H and O–H groups in total. The van der Waals surface area contributed by atoms with Gasteiger partial charge in [0.25, 0.3) is 5.91 Å². The Balaban J connectivity index is 1.39. The number of benzene rings is 3. The maximum Gasteiger partial charge on any atom is 0.259 e. The van der Waals surface area contributed by atoms with Crippen molar-refractivity contribution < 1.29 is 9.18 Å². The fraction of sp³-hybridized carbons (Fsp3) is 0.296. The third-order valence-electron chi connectivity index (χ3n) is 7.03. The molecule has 1 amide bonds. The minimum absolute atomic E-state index is 0.177. The molecule has 170 valence electrons. The Morgan fingerprint density at radius 2 is 1.73 bits per heavy atom. The second-order valence-corrected chi connectivity index (χ2v) is 10.1. The normalized spacial score (nSPS) is 17.4. The van der Waals surface area contributed by atoms with Crippen molar-refractivity contribution in [3.63, 3.8) is 0 Å². The molecule has 1 saturated heterocycles. The Hall–Kier alpha value is -2.40. The molecule has 2 aliphatic heterocycles. The van der Waals surface area contributed by atoms with Crippen molar-refractivity contribution in [3.05, 3.63) is 98.8 Å². The van der Waals surface area contributed by atoms with E-state index in [-0.39, 0.29) is 17.1 Å². The molecule has 6 heteroatoms. The largest absolute Gasteiger partial charge is 0.307 e. The fourth-order valence-corrected chi connectivity index (χ4v) is 5.64. The fourth-order valence-electron chi connectivity index (χ4n) is 5.15. The van der Waals surface area contributed by atoms with Gasteiger partial charge in [-0.1, -0.05) is 53.0 Å². The van der Waals surface area contributed by atoms with Crippen molar-refractivity contribution in [1.82, 2.24) is 4.90 Å². The van der Waals surface area contributed by atoms with Crippen LogP contribution in [0.25, 0.3) is 0 Å². The van der Waals surface area contributed by atoms with Crippen molar-refractivity contribution >= 4 is 34.8 Å². The molecule has 0 bridgehead atoms. The predicted molar refractivity (Wildman–Crippen MR) is 132 cm³/mol. The number of amides is 1. The number of hydrogen-bond acceptors (Lipinski definition) is 2. The second kappa shape index (κ2) is 8.75. The molecular formula is C27H25Cl2FN2O. The topological polar surface area (TPSA) is 23.6 Å². The smallest absolute Gasteiger partial charge is 0.259 e. The SMILES string of the molecule is Cc1ccc(CN2CCC3(CC2)CN(C(=O)c2ccc(Cl)cc2Cl)c2ccc(F)cc23)cc1. The predicted octanol–water partition coefficient (Wildman–Crippen LogP) is 6.64. The lowest BCUT2D eigenvalue weighted by Crippen LogP contribution is -2.45. The summed E-state index contributed by atoms with van der Waals surface area (Å²) in [6, 6.07) is 18.3. The third kappa shape index (κ3) is 4.28. The van der Waals surface area contributed by atoms with Crippen LogP contribution >= 0.6 is 23.2 Å². The van der Waals surface area contributed by atoms with E-state index in [4.69, 9.17) is 23.2 Å². The van der Waals surface area contributed by atoms with E-state index in [1.165, 1.54) is 17.2 Å². The van der Waals surface area contributed by atoms with Crippen molar-refractivity contribution in [2.24, 2.45) is 0 Å². The summed E-state index contributed by atoms with van der Waals surface area (Å²) in [6.07, 6.45) is 1.74. The van der Waals surface area contributed by atoms with Gasteiger partial charge in [0.05, 0.1) is 10.6 Å². The number of likely N-dealkylation sites (tertiary alicyclic amines) is 1. The van der Waals surface area contributed by atoms with E-state index in [0.717, 1.165) is 43.7 Å². The molecule has 3 aromatic carbocycles. The number of halogens is 3. The highest BCUT2D eigenvalue weighted by Gasteiger charge is 2.46. The Kier molecular flexibility index (Phi) is 5.94. The van der Waals surface area contributed by atoms with Gasteiger partial charge in [-0.2, -0.15) is 0 Å². The van der Waals surface area contributed by atoms with E-state index in [1.54, 1.807) is 35.2 Å². The summed E-state index contributed by atoms with van der Waals surface area (Å²) in [5, 5.41) is 0.808. The lowest BCUT2D eigenvalue weighted by molar-refractivity contribution is 0.0975. The summed E-state index contributed by atoms with van der Waals surface area (Å²) in [5.41, 5.74) is 4.41. The summed E-state index contributed by atoms with van der Waals surface area (Å²) in [5.74, 6) is -0.447. The average molecular weight is 483 g/mol. The number of carbonyl (C=O) groups excluding carboxylic acids is 1. The van der Waals surface area contributed by atoms with Gasteiger partial charge in [-0.3, -0.25) is 9.69 Å². The molecule has 2 aliphatic rings. The molecule has 0 aromatic heterocycles. The molecule has 5 rings (SSSR count). The molecule has 0 atom stereocenters. The van der Waals surface area contributed by atoms with E-state index < -0.39 is 0 Å². The van der Waals surface area contributed by atoms with Gasteiger partial charge in [0.2, 0.25) is 0 Å². The number of aryl methyl sites for hydroxylation is 1. The molecule has 0 aliphatic carbocycles. The zero-order chi connectivity index (χ0) is 23.2. The van der Waals surface area contributed by atoms with Gasteiger partial charge in [-0.05, 0) is 80.4 Å². The molecule has 3 aromatic rings. The van der Waals surface area contributed by atoms with Gasteiger partial charge in [-0.15, -0.1) is 0 Å². The second-order valence-electron chi connectivity index (χ2n) is 9.22. The monoisotopic (exact) mass is 482 g/mol. The summed E-state index contributed by atoms with van der Waals surface area (Å²) >= 11 is 12.4. The highest BCUT2D eigenvalue weighted by molar-refractivity contribution is 6.37. The summed E-state index contributed by atoms with van der Waals surface area (Å²) < 4.78 is 14.3. The van der Waals surface area contributed by atoms with E-state index in [9.17, 15) is 9.18 Å². The van der Waals surface area contributed by atoms with Crippen LogP contribution < -0.4 is 4.90 Å². The molecule has 1 fully saturated rings. The molecule has 33 heavy (non-hydrogen) atoms. The Bertz CT molecular complexity index is 1200. The van der Waals surface area contributed by atoms with Crippen molar-refractivity contribution in [3.8, 4) is 0 Å². The van der Waals surface area contributed by atoms with E-state index in [1.807, 2.05) is 0 Å². The average Bonchev–Trinajstić information content (AvgIpc) is 3.10. The van der Waals surface area contributed by atoms with Crippen molar-refractivity contribution in [2.45, 2.75) is 31.7 Å². The zero-order valence-electron chi connectivity index (χ0n) is 18.5. The van der Waals surface area contributed by atoms with Crippen LogP contribution in [0.1, 0.15) is 39.9 Å². The van der Waals surface area contributed by atoms with Crippen LogP contribution in [0.15, 0.2) is 60.7 Å². The number of fused-ring (bicyclic) bond motifs is 2. The van der Waals surface area contributed by atoms with Gasteiger partial charge < -0.3 is 4.90 Å². The minimum Gasteiger partial charge on any atom is -0.307 e. The number of rotatable bonds is 3. The molecule has 2 heterocycles. The lowest BCUT2D eigenvalue weighted by Gasteiger charge is -2.40. The molecule has 0 saturated carbocycles. The standard InChI is InChI=1S/C27H25Cl2FN2O/c1-18-2-4-19(5-3-18)16-31-12-10-27(11-13-31)17-32(25-9-7-21(30)15-23(25)27)26(33)22-8-6-20(28)14-24(22)29/h2-9,14-15H,10-13,16-17H2,1H3. The highest BCUT2D eigenvalue weighted by Crippen LogP contribution is 2.48. The first-order valence-corrected chi connectivity index (χ1v) is 12.0. The highest BCUT2D eigenvalue weighted by atomic mass is 35.5. The van der Waals surface area contributed by atoms with E-state index >= 15 is 0 Å². The summed E-state index contributed by atoms with van der Waals surface area (Å²) in [7, 11) is 0. The number of piperidine rings is 1. The third-order valence-corrected chi connectivity index (χ3v) is 7.58. The number of anilines is 1. The molecule has 0 radical (unpaired) electrons. The first kappa shape index (κ1) is 22.4. The van der Waals surface area contributed by atoms with Crippen LogP contribution in [0, 0.1) is 12.7 Å². The first-order chi connectivity index (χ1) is 15.8. The zero-order valence-corrected chi connectivity index (χ0v) is 20.0. The molecule has 3 nitrogen and oxygen atoms in total. The summed E-state index contributed by atoms with van der Waals surface area (Å²) in [6.45, 7) is 5.31. The number of carbonyl (C=O) groups is 1. The van der Waals surface area contributed by atoms with Crippen molar-refractivity contribution in [2.75, 3.05) is 24.5 Å². The van der Waals surface area contributed by atoms with Gasteiger partial charge in [-0.25, -0.2) is 4.39 Å². The molecule has 0 unspecified atom stereocenters. The van der Waals surface area contributed by atoms with Crippen LogP contribution in [0.2, 0.25) is 10.0 Å². The number of hydrogen-bond donors (Lipinski definition) is 0. The van der Waals surface area contributed by atoms with Gasteiger partial charge in [0.1, 0.15) is 5.82 Å². The quantitative estimate of drug-likeness (QED) is 0.417. The van der Waals surface area contributed by atoms with Crippen LogP contribution in [0.4, 0.5) is 10.1 Å². The van der Waals surface area contributed by atoms with Gasteiger partial charge in [0, 0.05) is 29.2 Å². The summed E-state index contributed by atoms with van der Waals surface area (Å²) in [4.78, 5) is 17.7. The van der Waals surface area contributed by atoms with Gasteiger partial charge >= 0.3 is 0 Å². The Morgan fingerprint density at radius 3 is 2.42 bits per heavy atom. The van der Waals surface area contributed by atoms with Crippen molar-refractivity contribution in [1.29, 1.82) is 0 Å². The van der Waals surface area contributed by atoms with E-state index in [2.05, 4.69) is 36.1 Å². The van der Waals surface area contributed by atoms with Crippen LogP contribution in [0.3, 0.4) is 0 Å². The van der Waals surface area contributed by atoms with Crippen LogP contribution in [-0.2, 0) is 12.0 Å². The maximum absolute atomic E-state index is 14.3. The minimum atomic E-state index is -0.269. The Morgan fingerprint density at radius 1 is 1.00 bits per heavy atom. The number of nitrogens with zero attached hydrogens (tertiary/aromatic N) is 2. The molecule has 1 spiro atoms. The van der Waals surface area contributed by atoms with Crippen LogP contribution in [0.5, 0.6) is 0 Å². The lowest BCUT2D eigenvalue weighted by atomic mass is 9.74. The van der Waals surface area contributed by atoms with Crippen LogP contribution in [-0.4, -0.2) is 30.4 Å². The van der Waals surface area contributed by atoms with E-state index in [0.29, 0.717) is 22.2 Å². The molecular weight excluding hydrogens is 458 g/mol. The first-order valence-electron chi connectivity index (χ1n) is 11.2. The maximum atomic E-state index is 14.3.